The Morgan fingerprint density at radius 2 is 1.55 bits per heavy atom. The number of phenolic OH excluding ortho intramolecular Hbond substituents is 1. The van der Waals surface area contributed by atoms with Crippen molar-refractivity contribution in [2.45, 2.75) is 103 Å². The van der Waals surface area contributed by atoms with Crippen molar-refractivity contribution < 1.29 is 28.7 Å². The smallest absolute Gasteiger partial charge is 0.411 e. The number of likely N-dealkylation sites (tertiary alicyclic amines) is 1. The van der Waals surface area contributed by atoms with Gasteiger partial charge in [0.25, 0.3) is 0 Å². The summed E-state index contributed by atoms with van der Waals surface area (Å²) in [4.78, 5) is 55.1. The topological polar surface area (TPSA) is 174 Å². The number of phenols is 1. The van der Waals surface area contributed by atoms with E-state index in [0.29, 0.717) is 50.2 Å². The van der Waals surface area contributed by atoms with Gasteiger partial charge in [-0.2, -0.15) is 0 Å². The molecular weight excluding hydrogens is 837 g/mol. The number of rotatable bonds is 20. The van der Waals surface area contributed by atoms with Crippen molar-refractivity contribution in [1.29, 1.82) is 0 Å². The molecule has 0 unspecified atom stereocenters. The molecule has 4 aromatic carbocycles. The second-order valence-electron chi connectivity index (χ2n) is 18.4. The van der Waals surface area contributed by atoms with Gasteiger partial charge in [-0.05, 0) is 90.8 Å². The van der Waals surface area contributed by atoms with E-state index < -0.39 is 14.4 Å². The SMILES string of the molecule is CC(C)(C)[Si](C)(C)O[C@@H](CNCc1ccc(NC(=O)CCCCCNC(=O)CCN2CCC(OC(=O)Nc3ccccc3-c3ccccc3)CC2)cc1)c1ccc(O)c2[nH]c(=O)ccc12. The third-order valence-electron chi connectivity index (χ3n) is 12.5. The minimum absolute atomic E-state index is 0.0140. The van der Waals surface area contributed by atoms with Crippen LogP contribution < -0.4 is 26.8 Å². The number of piperidine rings is 1. The predicted molar refractivity (Wildman–Crippen MR) is 262 cm³/mol. The number of nitrogens with one attached hydrogen (secondary N) is 5. The fourth-order valence-electron chi connectivity index (χ4n) is 7.73. The summed E-state index contributed by atoms with van der Waals surface area (Å²) in [5.74, 6) is -0.0133. The summed E-state index contributed by atoms with van der Waals surface area (Å²) in [5.41, 5.74) is 5.46. The van der Waals surface area contributed by atoms with Gasteiger partial charge in [-0.3, -0.25) is 19.7 Å². The Hall–Kier alpha value is -5.80. The van der Waals surface area contributed by atoms with Gasteiger partial charge < -0.3 is 40.1 Å². The molecule has 65 heavy (non-hydrogen) atoms. The molecule has 14 heteroatoms. The summed E-state index contributed by atoms with van der Waals surface area (Å²) < 4.78 is 12.7. The molecule has 1 aromatic heterocycles. The van der Waals surface area contributed by atoms with Gasteiger partial charge in [-0.15, -0.1) is 0 Å². The Bertz CT molecular complexity index is 2410. The molecule has 0 aliphatic carbocycles. The van der Waals surface area contributed by atoms with Gasteiger partial charge in [0.15, 0.2) is 8.32 Å². The Balaban J connectivity index is 0.832. The molecule has 1 aliphatic heterocycles. The molecule has 0 radical (unpaired) electrons. The lowest BCUT2D eigenvalue weighted by Gasteiger charge is -2.39. The third-order valence-corrected chi connectivity index (χ3v) is 17.0. The van der Waals surface area contributed by atoms with Gasteiger partial charge in [0.1, 0.15) is 11.9 Å². The highest BCUT2D eigenvalue weighted by atomic mass is 28.4. The van der Waals surface area contributed by atoms with E-state index in [9.17, 15) is 24.3 Å². The van der Waals surface area contributed by atoms with E-state index in [0.717, 1.165) is 78.5 Å². The Morgan fingerprint density at radius 3 is 2.29 bits per heavy atom. The van der Waals surface area contributed by atoms with Gasteiger partial charge in [0.05, 0.1) is 17.3 Å². The lowest BCUT2D eigenvalue weighted by atomic mass is 10.0. The Labute approximate surface area is 383 Å². The van der Waals surface area contributed by atoms with Crippen molar-refractivity contribution in [3.8, 4) is 16.9 Å². The van der Waals surface area contributed by atoms with Crippen LogP contribution in [0, 0.1) is 0 Å². The molecule has 3 amide bonds. The number of carbonyl (C=O) groups is 3. The average molecular weight is 903 g/mol. The quantitative estimate of drug-likeness (QED) is 0.0329. The molecule has 2 heterocycles. The van der Waals surface area contributed by atoms with Crippen molar-refractivity contribution in [1.82, 2.24) is 20.5 Å². The van der Waals surface area contributed by atoms with Crippen molar-refractivity contribution in [2.75, 3.05) is 43.4 Å². The number of benzene rings is 4. The highest BCUT2D eigenvalue weighted by molar-refractivity contribution is 6.74. The summed E-state index contributed by atoms with van der Waals surface area (Å²) in [7, 11) is -2.21. The first kappa shape index (κ1) is 48.6. The highest BCUT2D eigenvalue weighted by Gasteiger charge is 2.40. The zero-order valence-electron chi connectivity index (χ0n) is 38.5. The van der Waals surface area contributed by atoms with Gasteiger partial charge in [0, 0.05) is 74.8 Å². The van der Waals surface area contributed by atoms with E-state index in [-0.39, 0.29) is 40.4 Å². The number of amides is 3. The number of ether oxygens (including phenoxy) is 1. The van der Waals surface area contributed by atoms with Crippen LogP contribution >= 0.6 is 0 Å². The summed E-state index contributed by atoms with van der Waals surface area (Å²) >= 11 is 0. The largest absolute Gasteiger partial charge is 0.506 e. The first-order valence-electron chi connectivity index (χ1n) is 22.9. The average Bonchev–Trinajstić information content (AvgIpc) is 3.28. The number of H-pyrrole nitrogens is 1. The molecule has 1 atom stereocenters. The fraction of sp³-hybridized carbons (Fsp3) is 0.412. The maximum atomic E-state index is 12.8. The monoisotopic (exact) mass is 902 g/mol. The van der Waals surface area contributed by atoms with Crippen molar-refractivity contribution in [3.63, 3.8) is 0 Å². The molecule has 0 spiro atoms. The molecule has 0 saturated carbocycles. The Kier molecular flexibility index (Phi) is 17.1. The molecule has 1 fully saturated rings. The number of pyridine rings is 1. The summed E-state index contributed by atoms with van der Waals surface area (Å²) in [5, 5.41) is 23.7. The molecule has 13 nitrogen and oxygen atoms in total. The van der Waals surface area contributed by atoms with E-state index >= 15 is 0 Å². The van der Waals surface area contributed by atoms with Crippen LogP contribution in [0.2, 0.25) is 18.1 Å². The number of hydrogen-bond acceptors (Lipinski definition) is 9. The number of unbranched alkanes of at least 4 members (excludes halogenated alkanes) is 2. The lowest BCUT2D eigenvalue weighted by molar-refractivity contribution is -0.121. The second kappa shape index (κ2) is 22.9. The van der Waals surface area contributed by atoms with E-state index in [1.165, 1.54) is 6.07 Å². The fourth-order valence-corrected chi connectivity index (χ4v) is 9.01. The summed E-state index contributed by atoms with van der Waals surface area (Å²) in [6.07, 6.45) is 3.65. The number of nitrogens with zero attached hydrogens (tertiary/aromatic N) is 1. The van der Waals surface area contributed by atoms with Crippen LogP contribution in [-0.4, -0.2) is 80.0 Å². The first-order chi connectivity index (χ1) is 31.1. The van der Waals surface area contributed by atoms with Crippen LogP contribution in [0.25, 0.3) is 22.0 Å². The van der Waals surface area contributed by atoms with Crippen LogP contribution in [0.1, 0.15) is 82.9 Å². The number of aromatic nitrogens is 1. The normalized spacial score (nSPS) is 14.2. The summed E-state index contributed by atoms with van der Waals surface area (Å²) in [6.45, 7) is 14.9. The predicted octanol–water partition coefficient (Wildman–Crippen LogP) is 9.47. The molecule has 1 saturated heterocycles. The molecule has 5 aromatic rings. The van der Waals surface area contributed by atoms with Crippen molar-refractivity contribution in [3.05, 3.63) is 125 Å². The van der Waals surface area contributed by atoms with Crippen LogP contribution in [0.4, 0.5) is 16.2 Å². The molecule has 0 bridgehead atoms. The highest BCUT2D eigenvalue weighted by Crippen LogP contribution is 2.41. The number of anilines is 2. The van der Waals surface area contributed by atoms with Crippen LogP contribution in [0.3, 0.4) is 0 Å². The van der Waals surface area contributed by atoms with Crippen molar-refractivity contribution >= 4 is 48.5 Å². The first-order valence-corrected chi connectivity index (χ1v) is 25.8. The van der Waals surface area contributed by atoms with Crippen LogP contribution in [0.5, 0.6) is 5.75 Å². The second-order valence-corrected chi connectivity index (χ2v) is 23.2. The molecule has 346 valence electrons. The molecule has 6 rings (SSSR count). The number of aromatic hydroxyl groups is 1. The minimum atomic E-state index is -2.21. The number of aromatic amines is 1. The van der Waals surface area contributed by atoms with E-state index in [2.05, 4.69) is 65.0 Å². The lowest BCUT2D eigenvalue weighted by Crippen LogP contribution is -2.43. The van der Waals surface area contributed by atoms with E-state index in [4.69, 9.17) is 9.16 Å². The maximum Gasteiger partial charge on any atom is 0.411 e. The maximum absolute atomic E-state index is 12.8. The van der Waals surface area contributed by atoms with Crippen LogP contribution in [-0.2, 0) is 25.3 Å². The van der Waals surface area contributed by atoms with Gasteiger partial charge >= 0.3 is 6.09 Å². The van der Waals surface area contributed by atoms with Gasteiger partial charge in [-0.25, -0.2) is 4.79 Å². The van der Waals surface area contributed by atoms with E-state index in [1.807, 2.05) is 84.9 Å². The van der Waals surface area contributed by atoms with Gasteiger partial charge in [0.2, 0.25) is 17.4 Å². The number of hydrogen-bond donors (Lipinski definition) is 6. The summed E-state index contributed by atoms with van der Waals surface area (Å²) in [6, 6.07) is 32.1. The zero-order valence-corrected chi connectivity index (χ0v) is 39.5. The van der Waals surface area contributed by atoms with Gasteiger partial charge in [-0.1, -0.05) is 93.9 Å². The Morgan fingerprint density at radius 1 is 0.831 bits per heavy atom. The van der Waals surface area contributed by atoms with E-state index in [1.54, 1.807) is 12.1 Å². The van der Waals surface area contributed by atoms with Crippen molar-refractivity contribution in [2.24, 2.45) is 0 Å². The third kappa shape index (κ3) is 14.3. The van der Waals surface area contributed by atoms with Crippen LogP contribution in [0.15, 0.2) is 108 Å². The zero-order chi connectivity index (χ0) is 46.4. The number of para-hydroxylation sites is 1. The molecule has 6 N–H and O–H groups in total. The standard InChI is InChI=1S/C51H66N6O7Si/c1-51(2,3)65(4,5)64-45(41-23-25-44(58)49-42(41)24-26-48(61)56-49)35-52-34-36-19-21-38(22-20-36)54-47(60)18-10-7-13-30-53-46(59)29-33-57-31-27-39(28-32-57)63-50(62)55-43-17-12-11-16-40(43)37-14-8-6-9-15-37/h6,8-9,11-12,14-17,19-26,39,45,52,58H,7,10,13,18,27-35H2,1-5H3,(H,53,59)(H,54,60)(H,55,62)(H,56,61)/t45-/m0/s1. The molecule has 1 aliphatic rings. The number of fused-ring (bicyclic) bond motifs is 1. The minimum Gasteiger partial charge on any atom is -0.506 e. The number of carbonyl (C=O) groups excluding carboxylic acids is 3. The molecular formula is C51H66N6O7Si.